The lowest BCUT2D eigenvalue weighted by atomic mass is 10.2. The Balaban J connectivity index is 2.09. The van der Waals surface area contributed by atoms with Crippen molar-refractivity contribution in [3.8, 4) is 0 Å². The number of aromatic nitrogens is 2. The van der Waals surface area contributed by atoms with Gasteiger partial charge in [-0.15, -0.1) is 11.8 Å². The van der Waals surface area contributed by atoms with E-state index in [0.717, 1.165) is 43.7 Å². The number of carbonyl (C=O) groups is 1. The molecule has 0 atom stereocenters. The van der Waals surface area contributed by atoms with Crippen molar-refractivity contribution in [2.45, 2.75) is 50.0 Å². The maximum Gasteiger partial charge on any atom is 0.340 e. The van der Waals surface area contributed by atoms with Crippen molar-refractivity contribution >= 4 is 17.7 Å². The Morgan fingerprint density at radius 2 is 2.05 bits per heavy atom. The van der Waals surface area contributed by atoms with Crippen LogP contribution in [0.3, 0.4) is 0 Å². The standard InChI is InChI=1S/C14H20N2O3S/c1-9-11(14(18)19)13(20-8-4-2-3-7-17)16-12(15-9)10-5-6-10/h10,17H,2-8H2,1H3,(H,18,19). The van der Waals surface area contributed by atoms with Gasteiger partial charge in [-0.3, -0.25) is 0 Å². The maximum atomic E-state index is 11.3. The highest BCUT2D eigenvalue weighted by atomic mass is 32.2. The van der Waals surface area contributed by atoms with Crippen molar-refractivity contribution < 1.29 is 15.0 Å². The zero-order valence-corrected chi connectivity index (χ0v) is 12.4. The molecule has 20 heavy (non-hydrogen) atoms. The molecule has 2 N–H and O–H groups in total. The fraction of sp³-hybridized carbons (Fsp3) is 0.643. The molecule has 5 nitrogen and oxygen atoms in total. The summed E-state index contributed by atoms with van der Waals surface area (Å²) in [5.41, 5.74) is 0.800. The van der Waals surface area contributed by atoms with Crippen LogP contribution in [0, 0.1) is 6.92 Å². The largest absolute Gasteiger partial charge is 0.478 e. The van der Waals surface area contributed by atoms with Gasteiger partial charge in [-0.2, -0.15) is 0 Å². The number of rotatable bonds is 8. The Morgan fingerprint density at radius 3 is 2.65 bits per heavy atom. The summed E-state index contributed by atoms with van der Waals surface area (Å²) < 4.78 is 0. The predicted molar refractivity (Wildman–Crippen MR) is 77.4 cm³/mol. The molecule has 110 valence electrons. The van der Waals surface area contributed by atoms with E-state index in [4.69, 9.17) is 5.11 Å². The summed E-state index contributed by atoms with van der Waals surface area (Å²) >= 11 is 1.49. The Bertz CT molecular complexity index is 490. The van der Waals surface area contributed by atoms with Gasteiger partial charge in [0.05, 0.1) is 5.69 Å². The molecule has 6 heteroatoms. The third-order valence-corrected chi connectivity index (χ3v) is 4.33. The monoisotopic (exact) mass is 296 g/mol. The van der Waals surface area contributed by atoms with Crippen LogP contribution in [-0.4, -0.2) is 38.5 Å². The van der Waals surface area contributed by atoms with Gasteiger partial charge in [0.1, 0.15) is 16.4 Å². The van der Waals surface area contributed by atoms with Crippen molar-refractivity contribution in [3.63, 3.8) is 0 Å². The molecule has 1 aromatic heterocycles. The summed E-state index contributed by atoms with van der Waals surface area (Å²) in [6, 6.07) is 0. The first-order chi connectivity index (χ1) is 9.63. The van der Waals surface area contributed by atoms with Gasteiger partial charge >= 0.3 is 5.97 Å². The molecule has 0 bridgehead atoms. The van der Waals surface area contributed by atoms with E-state index >= 15 is 0 Å². The van der Waals surface area contributed by atoms with E-state index in [1.165, 1.54) is 11.8 Å². The molecule has 0 spiro atoms. The topological polar surface area (TPSA) is 83.3 Å². The van der Waals surface area contributed by atoms with Crippen LogP contribution in [0.1, 0.15) is 59.9 Å². The van der Waals surface area contributed by atoms with Gasteiger partial charge in [0, 0.05) is 12.5 Å². The first-order valence-corrected chi connectivity index (χ1v) is 7.97. The molecule has 0 radical (unpaired) electrons. The molecule has 1 aliphatic carbocycles. The lowest BCUT2D eigenvalue weighted by Crippen LogP contribution is -2.09. The van der Waals surface area contributed by atoms with Gasteiger partial charge in [-0.1, -0.05) is 6.42 Å². The van der Waals surface area contributed by atoms with Gasteiger partial charge in [-0.05, 0) is 38.4 Å². The summed E-state index contributed by atoms with van der Waals surface area (Å²) in [4.78, 5) is 20.1. The Kier molecular flexibility index (Phi) is 5.37. The Morgan fingerprint density at radius 1 is 1.30 bits per heavy atom. The SMILES string of the molecule is Cc1nc(C2CC2)nc(SCCCCCO)c1C(=O)O. The quantitative estimate of drug-likeness (QED) is 0.436. The van der Waals surface area contributed by atoms with Crippen LogP contribution in [0.25, 0.3) is 0 Å². The van der Waals surface area contributed by atoms with Crippen molar-refractivity contribution in [2.24, 2.45) is 0 Å². The number of unbranched alkanes of at least 4 members (excludes halogenated alkanes) is 2. The second-order valence-corrected chi connectivity index (χ2v) is 6.14. The molecule has 0 amide bonds. The van der Waals surface area contributed by atoms with Gasteiger partial charge in [-0.25, -0.2) is 14.8 Å². The van der Waals surface area contributed by atoms with Crippen LogP contribution >= 0.6 is 11.8 Å². The van der Waals surface area contributed by atoms with Crippen molar-refractivity contribution in [1.82, 2.24) is 9.97 Å². The van der Waals surface area contributed by atoms with Gasteiger partial charge in [0.2, 0.25) is 0 Å². The first-order valence-electron chi connectivity index (χ1n) is 6.99. The van der Waals surface area contributed by atoms with Gasteiger partial charge in [0.25, 0.3) is 0 Å². The van der Waals surface area contributed by atoms with Crippen LogP contribution in [0.5, 0.6) is 0 Å². The molecule has 1 aliphatic rings. The third kappa shape index (κ3) is 3.93. The second-order valence-electron chi connectivity index (χ2n) is 5.06. The molecular weight excluding hydrogens is 276 g/mol. The smallest absolute Gasteiger partial charge is 0.340 e. The maximum absolute atomic E-state index is 11.3. The molecule has 0 unspecified atom stereocenters. The van der Waals surface area contributed by atoms with Crippen LogP contribution in [0.2, 0.25) is 0 Å². The zero-order valence-electron chi connectivity index (χ0n) is 11.6. The lowest BCUT2D eigenvalue weighted by molar-refractivity contribution is 0.0690. The molecule has 1 saturated carbocycles. The number of carboxylic acid groups (broad SMARTS) is 1. The van der Waals surface area contributed by atoms with E-state index in [2.05, 4.69) is 9.97 Å². The molecule has 1 heterocycles. The number of thioether (sulfide) groups is 1. The number of hydrogen-bond acceptors (Lipinski definition) is 5. The zero-order chi connectivity index (χ0) is 14.5. The Hall–Kier alpha value is -1.14. The molecular formula is C14H20N2O3S. The van der Waals surface area contributed by atoms with Crippen molar-refractivity contribution in [3.05, 3.63) is 17.1 Å². The van der Waals surface area contributed by atoms with E-state index in [1.807, 2.05) is 0 Å². The van der Waals surface area contributed by atoms with E-state index in [0.29, 0.717) is 16.6 Å². The number of aliphatic hydroxyl groups excluding tert-OH is 1. The fourth-order valence-corrected chi connectivity index (χ4v) is 3.08. The Labute approximate surface area is 122 Å². The fourth-order valence-electron chi connectivity index (χ4n) is 2.00. The normalized spacial score (nSPS) is 14.5. The molecule has 0 saturated heterocycles. The minimum absolute atomic E-state index is 0.212. The first kappa shape index (κ1) is 15.3. The lowest BCUT2D eigenvalue weighted by Gasteiger charge is -2.09. The molecule has 0 aromatic carbocycles. The van der Waals surface area contributed by atoms with Gasteiger partial charge < -0.3 is 10.2 Å². The average molecular weight is 296 g/mol. The van der Waals surface area contributed by atoms with Crippen LogP contribution in [0.4, 0.5) is 0 Å². The number of hydrogen-bond donors (Lipinski definition) is 2. The minimum atomic E-state index is -0.956. The molecule has 2 rings (SSSR count). The predicted octanol–water partition coefficient (Wildman–Crippen LogP) is 2.62. The summed E-state index contributed by atoms with van der Waals surface area (Å²) in [6.45, 7) is 1.95. The third-order valence-electron chi connectivity index (χ3n) is 3.27. The number of aliphatic hydroxyl groups is 1. The molecule has 0 aliphatic heterocycles. The summed E-state index contributed by atoms with van der Waals surface area (Å²) in [6.07, 6.45) is 4.90. The average Bonchev–Trinajstić information content (AvgIpc) is 3.21. The number of nitrogens with zero attached hydrogens (tertiary/aromatic N) is 2. The molecule has 1 aromatic rings. The second kappa shape index (κ2) is 7.04. The minimum Gasteiger partial charge on any atom is -0.478 e. The summed E-state index contributed by atoms with van der Waals surface area (Å²) in [5.74, 6) is 1.08. The van der Waals surface area contributed by atoms with Crippen LogP contribution in [0.15, 0.2) is 5.03 Å². The number of aryl methyl sites for hydroxylation is 1. The van der Waals surface area contributed by atoms with Crippen molar-refractivity contribution in [2.75, 3.05) is 12.4 Å². The number of aromatic carboxylic acids is 1. The van der Waals surface area contributed by atoms with Crippen LogP contribution < -0.4 is 0 Å². The highest BCUT2D eigenvalue weighted by Gasteiger charge is 2.29. The van der Waals surface area contributed by atoms with Crippen LogP contribution in [-0.2, 0) is 0 Å². The van der Waals surface area contributed by atoms with E-state index in [-0.39, 0.29) is 12.2 Å². The summed E-state index contributed by atoms with van der Waals surface area (Å²) in [5, 5.41) is 18.6. The van der Waals surface area contributed by atoms with E-state index in [9.17, 15) is 9.90 Å². The van der Waals surface area contributed by atoms with E-state index in [1.54, 1.807) is 6.92 Å². The van der Waals surface area contributed by atoms with Crippen molar-refractivity contribution in [1.29, 1.82) is 0 Å². The highest BCUT2D eigenvalue weighted by Crippen LogP contribution is 2.39. The van der Waals surface area contributed by atoms with E-state index < -0.39 is 5.97 Å². The highest BCUT2D eigenvalue weighted by molar-refractivity contribution is 7.99. The summed E-state index contributed by atoms with van der Waals surface area (Å²) in [7, 11) is 0. The number of carboxylic acids is 1. The van der Waals surface area contributed by atoms with Gasteiger partial charge in [0.15, 0.2) is 0 Å². The molecule has 1 fully saturated rings.